The van der Waals surface area contributed by atoms with Gasteiger partial charge in [-0.3, -0.25) is 4.79 Å². The molecule has 0 fully saturated rings. The van der Waals surface area contributed by atoms with E-state index in [1.54, 1.807) is 5.32 Å². The van der Waals surface area contributed by atoms with E-state index in [0.29, 0.717) is 6.07 Å². The Kier molecular flexibility index (Phi) is 4.03. The summed E-state index contributed by atoms with van der Waals surface area (Å²) in [7, 11) is 0. The Labute approximate surface area is 93.4 Å². The molecule has 1 aromatic rings. The van der Waals surface area contributed by atoms with E-state index in [1.807, 2.05) is 0 Å². The lowest BCUT2D eigenvalue weighted by Crippen LogP contribution is -2.37. The number of halogens is 5. The molecule has 1 amide bonds. The van der Waals surface area contributed by atoms with Crippen LogP contribution < -0.4 is 5.32 Å². The molecule has 2 nitrogen and oxygen atoms in total. The first-order valence-corrected chi connectivity index (χ1v) is 4.59. The maximum Gasteiger partial charge on any atom is 0.471 e. The Bertz CT molecular complexity index is 395. The van der Waals surface area contributed by atoms with Crippen LogP contribution in [0.25, 0.3) is 0 Å². The second-order valence-corrected chi connectivity index (χ2v) is 3.28. The first-order chi connectivity index (χ1) is 7.79. The largest absolute Gasteiger partial charge is 0.471 e. The Hall–Kier alpha value is -1.66. The number of hydrogen-bond acceptors (Lipinski definition) is 1. The van der Waals surface area contributed by atoms with Gasteiger partial charge in [-0.15, -0.1) is 0 Å². The lowest BCUT2D eigenvalue weighted by Gasteiger charge is -2.07. The van der Waals surface area contributed by atoms with Gasteiger partial charge in [0.05, 0.1) is 0 Å². The van der Waals surface area contributed by atoms with E-state index in [9.17, 15) is 26.7 Å². The first kappa shape index (κ1) is 13.4. The summed E-state index contributed by atoms with van der Waals surface area (Å²) in [5.74, 6) is -3.71. The number of benzene rings is 1. The van der Waals surface area contributed by atoms with Gasteiger partial charge in [-0.25, -0.2) is 8.78 Å². The van der Waals surface area contributed by atoms with Crippen LogP contribution in [0.15, 0.2) is 18.2 Å². The summed E-state index contributed by atoms with van der Waals surface area (Å²) in [6.07, 6.45) is -5.04. The molecule has 0 aliphatic carbocycles. The molecule has 1 aromatic carbocycles. The molecule has 7 heteroatoms. The van der Waals surface area contributed by atoms with Crippen molar-refractivity contribution >= 4 is 5.91 Å². The quantitative estimate of drug-likeness (QED) is 0.822. The summed E-state index contributed by atoms with van der Waals surface area (Å²) in [5, 5.41) is 1.60. The predicted molar refractivity (Wildman–Crippen MR) is 49.1 cm³/mol. The zero-order valence-corrected chi connectivity index (χ0v) is 8.44. The lowest BCUT2D eigenvalue weighted by atomic mass is 10.1. The number of alkyl halides is 3. The molecular formula is C10H8F5NO. The molecule has 94 valence electrons. The van der Waals surface area contributed by atoms with Gasteiger partial charge in [0.25, 0.3) is 0 Å². The van der Waals surface area contributed by atoms with Crippen LogP contribution >= 0.6 is 0 Å². The average molecular weight is 253 g/mol. The fourth-order valence-corrected chi connectivity index (χ4v) is 1.18. The highest BCUT2D eigenvalue weighted by molar-refractivity contribution is 5.81. The number of carbonyl (C=O) groups excluding carboxylic acids is 1. The fraction of sp³-hybridized carbons (Fsp3) is 0.300. The molecular weight excluding hydrogens is 245 g/mol. The van der Waals surface area contributed by atoms with Crippen LogP contribution in [-0.4, -0.2) is 18.6 Å². The lowest BCUT2D eigenvalue weighted by molar-refractivity contribution is -0.173. The van der Waals surface area contributed by atoms with Crippen molar-refractivity contribution in [3.8, 4) is 0 Å². The van der Waals surface area contributed by atoms with Crippen LogP contribution in [0.4, 0.5) is 22.0 Å². The molecule has 0 bridgehead atoms. The number of amides is 1. The normalized spacial score (nSPS) is 11.4. The van der Waals surface area contributed by atoms with E-state index >= 15 is 0 Å². The number of hydrogen-bond donors (Lipinski definition) is 1. The summed E-state index contributed by atoms with van der Waals surface area (Å²) in [6.45, 7) is -0.346. The number of nitrogens with one attached hydrogen (secondary N) is 1. The number of rotatable bonds is 3. The van der Waals surface area contributed by atoms with E-state index in [1.165, 1.54) is 0 Å². The maximum atomic E-state index is 12.7. The van der Waals surface area contributed by atoms with Crippen molar-refractivity contribution in [1.29, 1.82) is 0 Å². The van der Waals surface area contributed by atoms with Gasteiger partial charge in [-0.1, -0.05) is 0 Å². The van der Waals surface area contributed by atoms with Crippen molar-refractivity contribution in [3.63, 3.8) is 0 Å². The second kappa shape index (κ2) is 5.11. The highest BCUT2D eigenvalue weighted by Gasteiger charge is 2.38. The second-order valence-electron chi connectivity index (χ2n) is 3.28. The van der Waals surface area contributed by atoms with Crippen molar-refractivity contribution in [2.45, 2.75) is 12.6 Å². The van der Waals surface area contributed by atoms with Crippen molar-refractivity contribution in [2.75, 3.05) is 6.54 Å². The third kappa shape index (κ3) is 4.38. The van der Waals surface area contributed by atoms with E-state index in [-0.39, 0.29) is 18.5 Å². The minimum absolute atomic E-state index is 0.0868. The van der Waals surface area contributed by atoms with Gasteiger partial charge in [0, 0.05) is 12.6 Å². The fourth-order valence-electron chi connectivity index (χ4n) is 1.18. The molecule has 0 spiro atoms. The maximum absolute atomic E-state index is 12.7. The molecule has 1 rings (SSSR count). The van der Waals surface area contributed by atoms with E-state index < -0.39 is 23.7 Å². The molecule has 0 aliphatic heterocycles. The van der Waals surface area contributed by atoms with Crippen LogP contribution in [0.5, 0.6) is 0 Å². The molecule has 0 atom stereocenters. The zero-order valence-electron chi connectivity index (χ0n) is 8.44. The van der Waals surface area contributed by atoms with Gasteiger partial charge in [0.1, 0.15) is 11.6 Å². The summed E-state index contributed by atoms with van der Waals surface area (Å²) in [4.78, 5) is 10.4. The van der Waals surface area contributed by atoms with E-state index in [2.05, 4.69) is 0 Å². The average Bonchev–Trinajstić information content (AvgIpc) is 2.14. The van der Waals surface area contributed by atoms with Crippen LogP contribution in [0.3, 0.4) is 0 Å². The Morgan fingerprint density at radius 1 is 1.12 bits per heavy atom. The molecule has 0 unspecified atom stereocenters. The Morgan fingerprint density at radius 2 is 1.65 bits per heavy atom. The molecule has 1 N–H and O–H groups in total. The molecule has 0 aliphatic rings. The van der Waals surface area contributed by atoms with Crippen molar-refractivity contribution in [2.24, 2.45) is 0 Å². The Morgan fingerprint density at radius 3 is 2.12 bits per heavy atom. The molecule has 0 aromatic heterocycles. The first-order valence-electron chi connectivity index (χ1n) is 4.59. The van der Waals surface area contributed by atoms with Gasteiger partial charge in [-0.2, -0.15) is 13.2 Å². The summed E-state index contributed by atoms with van der Waals surface area (Å²) >= 11 is 0. The molecule has 0 radical (unpaired) electrons. The van der Waals surface area contributed by atoms with Gasteiger partial charge in [-0.05, 0) is 24.1 Å². The Balaban J connectivity index is 2.49. The van der Waals surface area contributed by atoms with Crippen molar-refractivity contribution in [3.05, 3.63) is 35.4 Å². The standard InChI is InChI=1S/C10H8F5NO/c11-7-3-6(4-8(12)5-7)1-2-16-9(17)10(13,14)15/h3-5H,1-2H2,(H,16,17). The minimum Gasteiger partial charge on any atom is -0.348 e. The molecule has 0 saturated carbocycles. The third-order valence-corrected chi connectivity index (χ3v) is 1.88. The highest BCUT2D eigenvalue weighted by Crippen LogP contribution is 2.14. The number of carbonyl (C=O) groups is 1. The summed E-state index contributed by atoms with van der Waals surface area (Å²) < 4.78 is 60.7. The van der Waals surface area contributed by atoms with Crippen molar-refractivity contribution < 1.29 is 26.7 Å². The smallest absolute Gasteiger partial charge is 0.348 e. The van der Waals surface area contributed by atoms with E-state index in [0.717, 1.165) is 12.1 Å². The third-order valence-electron chi connectivity index (χ3n) is 1.88. The summed E-state index contributed by atoms with van der Waals surface area (Å²) in [5.41, 5.74) is 0.171. The van der Waals surface area contributed by atoms with Crippen molar-refractivity contribution in [1.82, 2.24) is 5.32 Å². The SMILES string of the molecule is O=C(NCCc1cc(F)cc(F)c1)C(F)(F)F. The monoisotopic (exact) mass is 253 g/mol. The minimum atomic E-state index is -4.95. The molecule has 0 heterocycles. The summed E-state index contributed by atoms with van der Waals surface area (Å²) in [6, 6.07) is 2.63. The highest BCUT2D eigenvalue weighted by atomic mass is 19.4. The van der Waals surface area contributed by atoms with Crippen LogP contribution in [0, 0.1) is 11.6 Å². The van der Waals surface area contributed by atoms with Gasteiger partial charge in [0.2, 0.25) is 0 Å². The van der Waals surface area contributed by atoms with Crippen LogP contribution in [0.1, 0.15) is 5.56 Å². The van der Waals surface area contributed by atoms with E-state index in [4.69, 9.17) is 0 Å². The van der Waals surface area contributed by atoms with Gasteiger partial charge >= 0.3 is 12.1 Å². The topological polar surface area (TPSA) is 29.1 Å². The zero-order chi connectivity index (χ0) is 13.1. The molecule has 17 heavy (non-hydrogen) atoms. The molecule has 0 saturated heterocycles. The van der Waals surface area contributed by atoms with Gasteiger partial charge < -0.3 is 5.32 Å². The predicted octanol–water partition coefficient (Wildman–Crippen LogP) is 2.19. The van der Waals surface area contributed by atoms with Gasteiger partial charge in [0.15, 0.2) is 0 Å². The van der Waals surface area contributed by atoms with Crippen LogP contribution in [0.2, 0.25) is 0 Å². The van der Waals surface area contributed by atoms with Crippen LogP contribution in [-0.2, 0) is 11.2 Å².